The predicted octanol–water partition coefficient (Wildman–Crippen LogP) is 3.29. The molecule has 1 unspecified atom stereocenters. The van der Waals surface area contributed by atoms with Crippen molar-refractivity contribution in [3.05, 3.63) is 60.2 Å². The van der Waals surface area contributed by atoms with Crippen LogP contribution in [0, 0.1) is 5.92 Å². The molecule has 25 heavy (non-hydrogen) atoms. The van der Waals surface area contributed by atoms with Crippen LogP contribution in [0.5, 0.6) is 5.75 Å². The minimum absolute atomic E-state index is 0.126. The first-order chi connectivity index (χ1) is 12.2. The number of methoxy groups -OCH3 is 1. The van der Waals surface area contributed by atoms with Crippen LogP contribution in [0.3, 0.4) is 0 Å². The highest BCUT2D eigenvalue weighted by atomic mass is 16.5. The average molecular weight is 338 g/mol. The van der Waals surface area contributed by atoms with Crippen molar-refractivity contribution in [1.29, 1.82) is 0 Å². The summed E-state index contributed by atoms with van der Waals surface area (Å²) in [6.45, 7) is 0. The van der Waals surface area contributed by atoms with Gasteiger partial charge in [0.2, 0.25) is 0 Å². The number of hydrogen-bond donors (Lipinski definition) is 2. The van der Waals surface area contributed by atoms with Crippen molar-refractivity contribution in [3.63, 3.8) is 0 Å². The maximum absolute atomic E-state index is 12.4. The Bertz CT molecular complexity index is 742. The van der Waals surface area contributed by atoms with Gasteiger partial charge < -0.3 is 15.4 Å². The predicted molar refractivity (Wildman–Crippen MR) is 96.3 cm³/mol. The van der Waals surface area contributed by atoms with Gasteiger partial charge in [0.1, 0.15) is 5.75 Å². The van der Waals surface area contributed by atoms with E-state index in [9.17, 15) is 9.59 Å². The number of carbonyl (C=O) groups is 2. The minimum atomic E-state index is -0.673. The van der Waals surface area contributed by atoms with E-state index in [1.165, 1.54) is 6.42 Å². The Morgan fingerprint density at radius 1 is 1.04 bits per heavy atom. The maximum atomic E-state index is 12.4. The zero-order valence-corrected chi connectivity index (χ0v) is 14.2. The molecule has 1 saturated carbocycles. The van der Waals surface area contributed by atoms with Gasteiger partial charge in [0.05, 0.1) is 13.2 Å². The molecule has 3 rings (SSSR count). The van der Waals surface area contributed by atoms with Crippen molar-refractivity contribution in [2.45, 2.75) is 25.3 Å². The number of amides is 2. The molecule has 130 valence electrons. The van der Waals surface area contributed by atoms with Gasteiger partial charge >= 0.3 is 11.8 Å². The second-order valence-electron chi connectivity index (χ2n) is 6.24. The van der Waals surface area contributed by atoms with E-state index < -0.39 is 11.8 Å². The van der Waals surface area contributed by atoms with E-state index in [0.29, 0.717) is 17.4 Å². The van der Waals surface area contributed by atoms with E-state index in [1.54, 1.807) is 31.4 Å². The molecule has 2 aromatic rings. The summed E-state index contributed by atoms with van der Waals surface area (Å²) in [4.78, 5) is 24.6. The SMILES string of the molecule is COc1cccc(NC(=O)C(=O)NC(c2ccccc2)C2CCC2)c1. The topological polar surface area (TPSA) is 67.4 Å². The molecule has 5 heteroatoms. The summed E-state index contributed by atoms with van der Waals surface area (Å²) in [5.74, 6) is -0.289. The molecule has 2 N–H and O–H groups in total. The molecule has 0 aromatic heterocycles. The first-order valence-electron chi connectivity index (χ1n) is 8.48. The molecular weight excluding hydrogens is 316 g/mol. The van der Waals surface area contributed by atoms with Crippen LogP contribution in [0.25, 0.3) is 0 Å². The van der Waals surface area contributed by atoms with Crippen molar-refractivity contribution >= 4 is 17.5 Å². The summed E-state index contributed by atoms with van der Waals surface area (Å²) in [7, 11) is 1.55. The van der Waals surface area contributed by atoms with Gasteiger partial charge in [-0.1, -0.05) is 42.8 Å². The van der Waals surface area contributed by atoms with E-state index in [2.05, 4.69) is 10.6 Å². The van der Waals surface area contributed by atoms with E-state index in [0.717, 1.165) is 18.4 Å². The summed E-state index contributed by atoms with van der Waals surface area (Å²) in [6, 6.07) is 16.6. The van der Waals surface area contributed by atoms with Crippen molar-refractivity contribution in [2.75, 3.05) is 12.4 Å². The highest BCUT2D eigenvalue weighted by molar-refractivity contribution is 6.39. The van der Waals surface area contributed by atoms with Crippen molar-refractivity contribution in [1.82, 2.24) is 5.32 Å². The minimum Gasteiger partial charge on any atom is -0.497 e. The lowest BCUT2D eigenvalue weighted by Gasteiger charge is -2.34. The highest BCUT2D eigenvalue weighted by Crippen LogP contribution is 2.37. The lowest BCUT2D eigenvalue weighted by molar-refractivity contribution is -0.137. The summed E-state index contributed by atoms with van der Waals surface area (Å²) < 4.78 is 5.12. The van der Waals surface area contributed by atoms with Crippen molar-refractivity contribution in [3.8, 4) is 5.75 Å². The monoisotopic (exact) mass is 338 g/mol. The fourth-order valence-corrected chi connectivity index (χ4v) is 3.00. The molecule has 0 aliphatic heterocycles. The summed E-state index contributed by atoms with van der Waals surface area (Å²) in [5, 5.41) is 5.52. The summed E-state index contributed by atoms with van der Waals surface area (Å²) in [6.07, 6.45) is 3.30. The standard InChI is InChI=1S/C20H22N2O3/c1-25-17-12-6-11-16(13-17)21-19(23)20(24)22-18(15-9-5-10-15)14-7-3-2-4-8-14/h2-4,6-8,11-13,15,18H,5,9-10H2,1H3,(H,21,23)(H,22,24). The largest absolute Gasteiger partial charge is 0.497 e. The fourth-order valence-electron chi connectivity index (χ4n) is 3.00. The quantitative estimate of drug-likeness (QED) is 0.822. The van der Waals surface area contributed by atoms with Crippen LogP contribution in [-0.2, 0) is 9.59 Å². The molecule has 1 aliphatic carbocycles. The molecule has 0 radical (unpaired) electrons. The zero-order chi connectivity index (χ0) is 17.6. The summed E-state index contributed by atoms with van der Waals surface area (Å²) in [5.41, 5.74) is 1.56. The van der Waals surface area contributed by atoms with Gasteiger partial charge in [-0.3, -0.25) is 9.59 Å². The average Bonchev–Trinajstić information content (AvgIpc) is 2.60. The van der Waals surface area contributed by atoms with E-state index >= 15 is 0 Å². The van der Waals surface area contributed by atoms with Gasteiger partial charge in [-0.2, -0.15) is 0 Å². The smallest absolute Gasteiger partial charge is 0.313 e. The van der Waals surface area contributed by atoms with Crippen LogP contribution in [0.15, 0.2) is 54.6 Å². The molecule has 1 fully saturated rings. The Hall–Kier alpha value is -2.82. The molecular formula is C20H22N2O3. The Labute approximate surface area is 147 Å². The van der Waals surface area contributed by atoms with Crippen LogP contribution in [-0.4, -0.2) is 18.9 Å². The number of hydrogen-bond acceptors (Lipinski definition) is 3. The molecule has 0 spiro atoms. The van der Waals surface area contributed by atoms with E-state index in [4.69, 9.17) is 4.74 Å². The number of carbonyl (C=O) groups excluding carboxylic acids is 2. The van der Waals surface area contributed by atoms with Crippen LogP contribution >= 0.6 is 0 Å². The molecule has 0 bridgehead atoms. The number of rotatable bonds is 5. The highest BCUT2D eigenvalue weighted by Gasteiger charge is 2.31. The fraction of sp³-hybridized carbons (Fsp3) is 0.300. The second kappa shape index (κ2) is 7.83. The van der Waals surface area contributed by atoms with Crippen LogP contribution in [0.4, 0.5) is 5.69 Å². The van der Waals surface area contributed by atoms with Gasteiger partial charge in [-0.25, -0.2) is 0 Å². The number of anilines is 1. The van der Waals surface area contributed by atoms with Gasteiger partial charge in [0.15, 0.2) is 0 Å². The number of nitrogens with one attached hydrogen (secondary N) is 2. The van der Waals surface area contributed by atoms with E-state index in [-0.39, 0.29) is 6.04 Å². The van der Waals surface area contributed by atoms with Crippen molar-refractivity contribution in [2.24, 2.45) is 5.92 Å². The second-order valence-corrected chi connectivity index (χ2v) is 6.24. The number of benzene rings is 2. The van der Waals surface area contributed by atoms with Crippen LogP contribution in [0.1, 0.15) is 30.9 Å². The molecule has 5 nitrogen and oxygen atoms in total. The zero-order valence-electron chi connectivity index (χ0n) is 14.2. The third kappa shape index (κ3) is 4.18. The normalized spacial score (nSPS) is 14.9. The van der Waals surface area contributed by atoms with Gasteiger partial charge in [-0.15, -0.1) is 0 Å². The van der Waals surface area contributed by atoms with E-state index in [1.807, 2.05) is 30.3 Å². The Kier molecular flexibility index (Phi) is 5.33. The van der Waals surface area contributed by atoms with Crippen LogP contribution in [0.2, 0.25) is 0 Å². The molecule has 2 amide bonds. The molecule has 2 aromatic carbocycles. The molecule has 1 aliphatic rings. The maximum Gasteiger partial charge on any atom is 0.313 e. The first kappa shape index (κ1) is 17.0. The van der Waals surface area contributed by atoms with Gasteiger partial charge in [-0.05, 0) is 36.5 Å². The Morgan fingerprint density at radius 2 is 1.80 bits per heavy atom. The third-order valence-corrected chi connectivity index (χ3v) is 4.60. The summed E-state index contributed by atoms with van der Waals surface area (Å²) >= 11 is 0. The van der Waals surface area contributed by atoms with Gasteiger partial charge in [0.25, 0.3) is 0 Å². The first-order valence-corrected chi connectivity index (χ1v) is 8.48. The van der Waals surface area contributed by atoms with Crippen molar-refractivity contribution < 1.29 is 14.3 Å². The van der Waals surface area contributed by atoms with Crippen LogP contribution < -0.4 is 15.4 Å². The molecule has 0 heterocycles. The Balaban J connectivity index is 1.67. The molecule has 0 saturated heterocycles. The molecule has 1 atom stereocenters. The number of ether oxygens (including phenoxy) is 1. The Morgan fingerprint density at radius 3 is 2.44 bits per heavy atom. The van der Waals surface area contributed by atoms with Gasteiger partial charge in [0, 0.05) is 11.8 Å². The lowest BCUT2D eigenvalue weighted by Crippen LogP contribution is -2.41. The third-order valence-electron chi connectivity index (χ3n) is 4.60. The lowest BCUT2D eigenvalue weighted by atomic mass is 9.77.